The van der Waals surface area contributed by atoms with Crippen LogP contribution in [0.3, 0.4) is 0 Å². The summed E-state index contributed by atoms with van der Waals surface area (Å²) in [6.07, 6.45) is 3.56. The predicted molar refractivity (Wildman–Crippen MR) is 101 cm³/mol. The van der Waals surface area contributed by atoms with E-state index in [-0.39, 0.29) is 11.8 Å². The van der Waals surface area contributed by atoms with E-state index in [2.05, 4.69) is 15.6 Å². The number of carbonyl (C=O) groups excluding carboxylic acids is 2. The molecule has 3 aromatic rings. The Balaban J connectivity index is 1.64. The molecule has 1 aromatic heterocycles. The Labute approximate surface area is 152 Å². The molecule has 0 saturated heterocycles. The van der Waals surface area contributed by atoms with Gasteiger partial charge in [0.05, 0.1) is 0 Å². The minimum Gasteiger partial charge on any atom is -0.355 e. The standard InChI is InChI=1S/C21H19N3O2/c1-22-20(25)17-4-2-5-18(12-17)21(26)24-13-15-7-9-16(10-8-15)19-6-3-11-23-14-19/h2-12,14H,13H2,1H3,(H,22,25)(H,24,26). The Morgan fingerprint density at radius 3 is 2.27 bits per heavy atom. The van der Waals surface area contributed by atoms with Crippen molar-refractivity contribution in [1.82, 2.24) is 15.6 Å². The third-order valence-corrected chi connectivity index (χ3v) is 4.02. The first-order chi connectivity index (χ1) is 12.7. The van der Waals surface area contributed by atoms with Crippen molar-refractivity contribution in [3.8, 4) is 11.1 Å². The molecule has 0 fully saturated rings. The molecular weight excluding hydrogens is 326 g/mol. The summed E-state index contributed by atoms with van der Waals surface area (Å²) in [5.74, 6) is -0.433. The molecule has 26 heavy (non-hydrogen) atoms. The quantitative estimate of drug-likeness (QED) is 0.747. The number of nitrogens with zero attached hydrogens (tertiary/aromatic N) is 1. The molecule has 0 spiro atoms. The molecule has 0 unspecified atom stereocenters. The first-order valence-electron chi connectivity index (χ1n) is 8.27. The maximum atomic E-state index is 12.3. The third kappa shape index (κ3) is 4.13. The summed E-state index contributed by atoms with van der Waals surface area (Å²) in [6, 6.07) is 18.5. The number of hydrogen-bond acceptors (Lipinski definition) is 3. The fourth-order valence-electron chi connectivity index (χ4n) is 2.58. The van der Waals surface area contributed by atoms with Gasteiger partial charge in [-0.25, -0.2) is 0 Å². The molecule has 3 rings (SSSR count). The minimum absolute atomic E-state index is 0.216. The van der Waals surface area contributed by atoms with Gasteiger partial charge in [0.25, 0.3) is 11.8 Å². The lowest BCUT2D eigenvalue weighted by molar-refractivity contribution is 0.0951. The van der Waals surface area contributed by atoms with Gasteiger partial charge in [-0.1, -0.05) is 36.4 Å². The highest BCUT2D eigenvalue weighted by Crippen LogP contribution is 2.18. The van der Waals surface area contributed by atoms with Crippen molar-refractivity contribution in [2.75, 3.05) is 7.05 Å². The number of hydrogen-bond donors (Lipinski definition) is 2. The SMILES string of the molecule is CNC(=O)c1cccc(C(=O)NCc2ccc(-c3cccnc3)cc2)c1. The lowest BCUT2D eigenvalue weighted by atomic mass is 10.1. The van der Waals surface area contributed by atoms with E-state index in [4.69, 9.17) is 0 Å². The molecule has 0 atom stereocenters. The summed E-state index contributed by atoms with van der Waals surface area (Å²) in [5, 5.41) is 5.42. The lowest BCUT2D eigenvalue weighted by Crippen LogP contribution is -2.24. The van der Waals surface area contributed by atoms with Crippen LogP contribution < -0.4 is 10.6 Å². The summed E-state index contributed by atoms with van der Waals surface area (Å²) in [6.45, 7) is 0.413. The van der Waals surface area contributed by atoms with Gasteiger partial charge < -0.3 is 10.6 Å². The first-order valence-corrected chi connectivity index (χ1v) is 8.27. The van der Waals surface area contributed by atoms with E-state index in [1.165, 1.54) is 0 Å². The number of rotatable bonds is 5. The van der Waals surface area contributed by atoms with Crippen molar-refractivity contribution in [3.63, 3.8) is 0 Å². The van der Waals surface area contributed by atoms with Crippen LogP contribution in [0.5, 0.6) is 0 Å². The molecule has 1 heterocycles. The average Bonchev–Trinajstić information content (AvgIpc) is 2.72. The monoisotopic (exact) mass is 345 g/mol. The van der Waals surface area contributed by atoms with Crippen LogP contribution in [0.2, 0.25) is 0 Å². The molecule has 5 nitrogen and oxygen atoms in total. The third-order valence-electron chi connectivity index (χ3n) is 4.02. The number of nitrogens with one attached hydrogen (secondary N) is 2. The average molecular weight is 345 g/mol. The molecule has 0 aliphatic carbocycles. The zero-order chi connectivity index (χ0) is 18.4. The second-order valence-corrected chi connectivity index (χ2v) is 5.78. The van der Waals surface area contributed by atoms with Gasteiger partial charge in [-0.3, -0.25) is 14.6 Å². The number of amides is 2. The van der Waals surface area contributed by atoms with Crippen LogP contribution in [0.25, 0.3) is 11.1 Å². The minimum atomic E-state index is -0.217. The molecule has 2 aromatic carbocycles. The maximum absolute atomic E-state index is 12.3. The molecular formula is C21H19N3O2. The molecule has 130 valence electrons. The van der Waals surface area contributed by atoms with Gasteiger partial charge in [0.1, 0.15) is 0 Å². The first kappa shape index (κ1) is 17.4. The van der Waals surface area contributed by atoms with Crippen LogP contribution >= 0.6 is 0 Å². The topological polar surface area (TPSA) is 71.1 Å². The summed E-state index contributed by atoms with van der Waals surface area (Å²) >= 11 is 0. The fourth-order valence-corrected chi connectivity index (χ4v) is 2.58. The van der Waals surface area contributed by atoms with Crippen molar-refractivity contribution in [1.29, 1.82) is 0 Å². The number of pyridine rings is 1. The highest BCUT2D eigenvalue weighted by molar-refractivity contribution is 5.99. The molecule has 0 aliphatic heterocycles. The van der Waals surface area contributed by atoms with Crippen LogP contribution in [-0.2, 0) is 6.54 Å². The Morgan fingerprint density at radius 1 is 0.885 bits per heavy atom. The van der Waals surface area contributed by atoms with Crippen LogP contribution in [0, 0.1) is 0 Å². The smallest absolute Gasteiger partial charge is 0.251 e. The molecule has 0 radical (unpaired) electrons. The second-order valence-electron chi connectivity index (χ2n) is 5.78. The fraction of sp³-hybridized carbons (Fsp3) is 0.0952. The van der Waals surface area contributed by atoms with Gasteiger partial charge in [-0.05, 0) is 41.0 Å². The van der Waals surface area contributed by atoms with Crippen LogP contribution in [0.15, 0.2) is 73.1 Å². The van der Waals surface area contributed by atoms with Gasteiger partial charge in [0, 0.05) is 37.1 Å². The number of aromatic nitrogens is 1. The Bertz CT molecular complexity index is 906. The van der Waals surface area contributed by atoms with Crippen molar-refractivity contribution in [3.05, 3.63) is 89.7 Å². The normalized spacial score (nSPS) is 10.2. The van der Waals surface area contributed by atoms with E-state index < -0.39 is 0 Å². The molecule has 2 N–H and O–H groups in total. The highest BCUT2D eigenvalue weighted by Gasteiger charge is 2.09. The summed E-state index contributed by atoms with van der Waals surface area (Å²) < 4.78 is 0. The maximum Gasteiger partial charge on any atom is 0.251 e. The van der Waals surface area contributed by atoms with Gasteiger partial charge in [-0.15, -0.1) is 0 Å². The summed E-state index contributed by atoms with van der Waals surface area (Å²) in [7, 11) is 1.56. The van der Waals surface area contributed by atoms with Crippen LogP contribution in [-0.4, -0.2) is 23.8 Å². The van der Waals surface area contributed by atoms with E-state index in [0.717, 1.165) is 16.7 Å². The summed E-state index contributed by atoms with van der Waals surface area (Å²) in [5.41, 5.74) is 4.04. The van der Waals surface area contributed by atoms with Crippen molar-refractivity contribution >= 4 is 11.8 Å². The lowest BCUT2D eigenvalue weighted by Gasteiger charge is -2.08. The molecule has 0 bridgehead atoms. The zero-order valence-corrected chi connectivity index (χ0v) is 14.4. The Kier molecular flexibility index (Phi) is 5.39. The largest absolute Gasteiger partial charge is 0.355 e. The molecule has 0 saturated carbocycles. The number of carbonyl (C=O) groups is 2. The van der Waals surface area contributed by atoms with E-state index in [9.17, 15) is 9.59 Å². The van der Waals surface area contributed by atoms with Gasteiger partial charge in [0.15, 0.2) is 0 Å². The van der Waals surface area contributed by atoms with Gasteiger partial charge in [0.2, 0.25) is 0 Å². The van der Waals surface area contributed by atoms with Crippen LogP contribution in [0.4, 0.5) is 0 Å². The highest BCUT2D eigenvalue weighted by atomic mass is 16.2. The Hall–Kier alpha value is -3.47. The van der Waals surface area contributed by atoms with Crippen molar-refractivity contribution < 1.29 is 9.59 Å². The van der Waals surface area contributed by atoms with Crippen molar-refractivity contribution in [2.45, 2.75) is 6.54 Å². The molecule has 2 amide bonds. The molecule has 5 heteroatoms. The van der Waals surface area contributed by atoms with Gasteiger partial charge >= 0.3 is 0 Å². The van der Waals surface area contributed by atoms with Gasteiger partial charge in [-0.2, -0.15) is 0 Å². The zero-order valence-electron chi connectivity index (χ0n) is 14.4. The number of benzene rings is 2. The van der Waals surface area contributed by atoms with Crippen LogP contribution in [0.1, 0.15) is 26.3 Å². The molecule has 0 aliphatic rings. The van der Waals surface area contributed by atoms with E-state index in [0.29, 0.717) is 17.7 Å². The predicted octanol–water partition coefficient (Wildman–Crippen LogP) is 3.04. The van der Waals surface area contributed by atoms with E-state index in [1.807, 2.05) is 42.6 Å². The summed E-state index contributed by atoms with van der Waals surface area (Å²) in [4.78, 5) is 28.1. The van der Waals surface area contributed by atoms with E-state index in [1.54, 1.807) is 37.5 Å². The van der Waals surface area contributed by atoms with Crippen molar-refractivity contribution in [2.24, 2.45) is 0 Å². The second kappa shape index (κ2) is 8.07. The van der Waals surface area contributed by atoms with E-state index >= 15 is 0 Å². The Morgan fingerprint density at radius 2 is 1.62 bits per heavy atom.